The van der Waals surface area contributed by atoms with E-state index in [1.807, 2.05) is 30.5 Å². The van der Waals surface area contributed by atoms with Crippen molar-refractivity contribution in [3.8, 4) is 5.75 Å². The van der Waals surface area contributed by atoms with Gasteiger partial charge in [0.25, 0.3) is 0 Å². The highest BCUT2D eigenvalue weighted by Crippen LogP contribution is 2.32. The number of ether oxygens (including phenoxy) is 1. The van der Waals surface area contributed by atoms with Crippen molar-refractivity contribution >= 4 is 11.6 Å². The molecule has 1 fully saturated rings. The van der Waals surface area contributed by atoms with E-state index in [2.05, 4.69) is 21.1 Å². The van der Waals surface area contributed by atoms with Gasteiger partial charge in [-0.2, -0.15) is 0 Å². The number of hydrogen-bond acceptors (Lipinski definition) is 3. The van der Waals surface area contributed by atoms with Gasteiger partial charge in [-0.3, -0.25) is 0 Å². The highest BCUT2D eigenvalue weighted by atomic mass is 16.5. The molecule has 0 spiro atoms. The molecule has 100 valence electrons. The maximum atomic E-state index is 5.16. The van der Waals surface area contributed by atoms with Gasteiger partial charge in [0.2, 0.25) is 5.95 Å². The molecule has 19 heavy (non-hydrogen) atoms. The Morgan fingerprint density at radius 2 is 1.95 bits per heavy atom. The van der Waals surface area contributed by atoms with E-state index in [1.54, 1.807) is 7.11 Å². The molecule has 0 unspecified atom stereocenters. The lowest BCUT2D eigenvalue weighted by Crippen LogP contribution is -2.07. The van der Waals surface area contributed by atoms with Gasteiger partial charge >= 0.3 is 0 Å². The first-order valence-electron chi connectivity index (χ1n) is 6.81. The van der Waals surface area contributed by atoms with E-state index in [0.29, 0.717) is 6.04 Å². The third-order valence-electron chi connectivity index (χ3n) is 3.73. The molecule has 1 aromatic heterocycles. The second kappa shape index (κ2) is 5.34. The Kier molecular flexibility index (Phi) is 3.40. The van der Waals surface area contributed by atoms with Crippen LogP contribution in [0.1, 0.15) is 31.7 Å². The average molecular weight is 257 g/mol. The number of nitrogens with one attached hydrogen (secondary N) is 1. The number of nitrogens with zero attached hydrogens (tertiary/aromatic N) is 2. The second-order valence-electron chi connectivity index (χ2n) is 4.95. The van der Waals surface area contributed by atoms with E-state index < -0.39 is 0 Å². The molecule has 4 heteroatoms. The first-order valence-corrected chi connectivity index (χ1v) is 6.81. The maximum Gasteiger partial charge on any atom is 0.207 e. The Hall–Kier alpha value is -1.97. The lowest BCUT2D eigenvalue weighted by atomic mass is 10.2. The van der Waals surface area contributed by atoms with Crippen molar-refractivity contribution in [3.05, 3.63) is 36.7 Å². The van der Waals surface area contributed by atoms with E-state index >= 15 is 0 Å². The normalized spacial score (nSPS) is 15.6. The van der Waals surface area contributed by atoms with Crippen LogP contribution < -0.4 is 10.1 Å². The minimum Gasteiger partial charge on any atom is -0.497 e. The van der Waals surface area contributed by atoms with Crippen molar-refractivity contribution < 1.29 is 4.74 Å². The van der Waals surface area contributed by atoms with Crippen LogP contribution in [0.25, 0.3) is 0 Å². The van der Waals surface area contributed by atoms with Crippen molar-refractivity contribution in [1.29, 1.82) is 0 Å². The fraction of sp³-hybridized carbons (Fsp3) is 0.400. The molecule has 0 amide bonds. The molecule has 1 saturated carbocycles. The van der Waals surface area contributed by atoms with Crippen LogP contribution >= 0.6 is 0 Å². The fourth-order valence-corrected chi connectivity index (χ4v) is 2.69. The average Bonchev–Trinajstić information content (AvgIpc) is 3.10. The molecule has 2 aromatic rings. The first-order chi connectivity index (χ1) is 9.36. The predicted molar refractivity (Wildman–Crippen MR) is 76.0 cm³/mol. The minimum atomic E-state index is 0.600. The minimum absolute atomic E-state index is 0.600. The van der Waals surface area contributed by atoms with Crippen molar-refractivity contribution in [2.75, 3.05) is 12.4 Å². The standard InChI is InChI=1S/C15H19N3O/c1-19-14-8-6-12(7-9-14)17-15-16-10-11-18(15)13-4-2-3-5-13/h6-11,13H,2-5H2,1H3,(H,16,17). The molecular weight excluding hydrogens is 238 g/mol. The molecule has 0 bridgehead atoms. The van der Waals surface area contributed by atoms with Gasteiger partial charge in [-0.1, -0.05) is 12.8 Å². The zero-order chi connectivity index (χ0) is 13.1. The lowest BCUT2D eigenvalue weighted by molar-refractivity contribution is 0.415. The van der Waals surface area contributed by atoms with Crippen molar-refractivity contribution in [3.63, 3.8) is 0 Å². The number of methoxy groups -OCH3 is 1. The zero-order valence-electron chi connectivity index (χ0n) is 11.2. The summed E-state index contributed by atoms with van der Waals surface area (Å²) >= 11 is 0. The van der Waals surface area contributed by atoms with Gasteiger partial charge in [-0.05, 0) is 37.1 Å². The summed E-state index contributed by atoms with van der Waals surface area (Å²) in [6, 6.07) is 8.51. The summed E-state index contributed by atoms with van der Waals surface area (Å²) in [6.07, 6.45) is 9.10. The summed E-state index contributed by atoms with van der Waals surface area (Å²) in [6.45, 7) is 0. The van der Waals surface area contributed by atoms with E-state index in [1.165, 1.54) is 25.7 Å². The Bertz CT molecular complexity index is 527. The Morgan fingerprint density at radius 1 is 1.21 bits per heavy atom. The highest BCUT2D eigenvalue weighted by molar-refractivity contribution is 5.55. The van der Waals surface area contributed by atoms with Crippen LogP contribution in [0.3, 0.4) is 0 Å². The smallest absolute Gasteiger partial charge is 0.207 e. The quantitative estimate of drug-likeness (QED) is 0.906. The summed E-state index contributed by atoms with van der Waals surface area (Å²) in [5, 5.41) is 3.38. The molecule has 1 N–H and O–H groups in total. The number of imidazole rings is 1. The van der Waals surface area contributed by atoms with Crippen LogP contribution in [-0.4, -0.2) is 16.7 Å². The van der Waals surface area contributed by atoms with Crippen LogP contribution in [-0.2, 0) is 0 Å². The van der Waals surface area contributed by atoms with Gasteiger partial charge in [-0.25, -0.2) is 4.98 Å². The van der Waals surface area contributed by atoms with E-state index in [-0.39, 0.29) is 0 Å². The topological polar surface area (TPSA) is 39.1 Å². The van der Waals surface area contributed by atoms with Crippen molar-refractivity contribution in [2.45, 2.75) is 31.7 Å². The van der Waals surface area contributed by atoms with E-state index in [0.717, 1.165) is 17.4 Å². The summed E-state index contributed by atoms with van der Waals surface area (Å²) in [7, 11) is 1.68. The largest absolute Gasteiger partial charge is 0.497 e. The molecule has 1 aromatic carbocycles. The van der Waals surface area contributed by atoms with Crippen LogP contribution in [0.5, 0.6) is 5.75 Å². The number of rotatable bonds is 4. The van der Waals surface area contributed by atoms with Crippen LogP contribution in [0.2, 0.25) is 0 Å². The van der Waals surface area contributed by atoms with Gasteiger partial charge in [0.1, 0.15) is 5.75 Å². The summed E-state index contributed by atoms with van der Waals surface area (Å²) in [5.41, 5.74) is 1.03. The number of benzene rings is 1. The van der Waals surface area contributed by atoms with Crippen LogP contribution in [0.15, 0.2) is 36.7 Å². The van der Waals surface area contributed by atoms with Gasteiger partial charge in [0, 0.05) is 24.1 Å². The second-order valence-corrected chi connectivity index (χ2v) is 4.95. The molecule has 0 radical (unpaired) electrons. The van der Waals surface area contributed by atoms with E-state index in [9.17, 15) is 0 Å². The molecular formula is C15H19N3O. The molecule has 0 atom stereocenters. The first kappa shape index (κ1) is 12.1. The third-order valence-corrected chi connectivity index (χ3v) is 3.73. The molecule has 1 aliphatic carbocycles. The Balaban J connectivity index is 1.77. The maximum absolute atomic E-state index is 5.16. The SMILES string of the molecule is COc1ccc(Nc2nccn2C2CCCC2)cc1. The predicted octanol–water partition coefficient (Wildman–Crippen LogP) is 3.75. The number of anilines is 2. The summed E-state index contributed by atoms with van der Waals surface area (Å²) < 4.78 is 7.42. The summed E-state index contributed by atoms with van der Waals surface area (Å²) in [5.74, 6) is 1.79. The lowest BCUT2D eigenvalue weighted by Gasteiger charge is -2.15. The Labute approximate surface area is 113 Å². The Morgan fingerprint density at radius 3 is 2.63 bits per heavy atom. The van der Waals surface area contributed by atoms with Gasteiger partial charge in [0.05, 0.1) is 7.11 Å². The van der Waals surface area contributed by atoms with Gasteiger partial charge < -0.3 is 14.6 Å². The third kappa shape index (κ3) is 2.57. The summed E-state index contributed by atoms with van der Waals surface area (Å²) in [4.78, 5) is 4.42. The number of aromatic nitrogens is 2. The van der Waals surface area contributed by atoms with Gasteiger partial charge in [-0.15, -0.1) is 0 Å². The monoisotopic (exact) mass is 257 g/mol. The molecule has 4 nitrogen and oxygen atoms in total. The fourth-order valence-electron chi connectivity index (χ4n) is 2.69. The van der Waals surface area contributed by atoms with Crippen LogP contribution in [0, 0.1) is 0 Å². The molecule has 1 aliphatic rings. The van der Waals surface area contributed by atoms with Crippen molar-refractivity contribution in [2.24, 2.45) is 0 Å². The molecule has 1 heterocycles. The molecule has 0 saturated heterocycles. The highest BCUT2D eigenvalue weighted by Gasteiger charge is 2.19. The number of hydrogen-bond donors (Lipinski definition) is 1. The molecule has 0 aliphatic heterocycles. The van der Waals surface area contributed by atoms with Crippen molar-refractivity contribution in [1.82, 2.24) is 9.55 Å². The van der Waals surface area contributed by atoms with E-state index in [4.69, 9.17) is 4.74 Å². The van der Waals surface area contributed by atoms with Gasteiger partial charge in [0.15, 0.2) is 0 Å². The zero-order valence-corrected chi connectivity index (χ0v) is 11.2. The van der Waals surface area contributed by atoms with Crippen LogP contribution in [0.4, 0.5) is 11.6 Å². The molecule has 3 rings (SSSR count).